The van der Waals surface area contributed by atoms with Crippen molar-refractivity contribution < 1.29 is 14.3 Å². The van der Waals surface area contributed by atoms with Crippen LogP contribution >= 0.6 is 0 Å². The number of rotatable bonds is 8. The third-order valence-electron chi connectivity index (χ3n) is 3.66. The third kappa shape index (κ3) is 6.30. The minimum Gasteiger partial charge on any atom is -0.489 e. The maximum Gasteiger partial charge on any atom is 0.243 e. The predicted molar refractivity (Wildman–Crippen MR) is 98.4 cm³/mol. The van der Waals surface area contributed by atoms with Gasteiger partial charge >= 0.3 is 0 Å². The van der Waals surface area contributed by atoms with E-state index in [0.717, 1.165) is 17.7 Å². The Hall–Kier alpha value is -2.82. The van der Waals surface area contributed by atoms with E-state index in [0.29, 0.717) is 18.8 Å². The number of ether oxygens (including phenoxy) is 1. The van der Waals surface area contributed by atoms with E-state index in [1.165, 1.54) is 11.8 Å². The van der Waals surface area contributed by atoms with Gasteiger partial charge in [-0.2, -0.15) is 0 Å². The molecule has 1 N–H and O–H groups in total. The van der Waals surface area contributed by atoms with Gasteiger partial charge in [0.1, 0.15) is 12.4 Å². The third-order valence-corrected chi connectivity index (χ3v) is 3.66. The molecule has 0 aliphatic carbocycles. The van der Waals surface area contributed by atoms with Gasteiger partial charge in [0.15, 0.2) is 0 Å². The first-order chi connectivity index (χ1) is 12.1. The monoisotopic (exact) mass is 340 g/mol. The summed E-state index contributed by atoms with van der Waals surface area (Å²) >= 11 is 0. The summed E-state index contributed by atoms with van der Waals surface area (Å²) in [6, 6.07) is 17.1. The van der Waals surface area contributed by atoms with Crippen molar-refractivity contribution in [3.63, 3.8) is 0 Å². The standard InChI is InChI=1S/C20H24N2O3/c1-3-13-22(16(2)23)14-20(24)21-18-9-11-19(12-10-18)25-15-17-7-5-4-6-8-17/h4-12H,3,13-15H2,1-2H3,(H,21,24). The van der Waals surface area contributed by atoms with Gasteiger partial charge in [-0.15, -0.1) is 0 Å². The van der Waals surface area contributed by atoms with Gasteiger partial charge in [-0.1, -0.05) is 37.3 Å². The SMILES string of the molecule is CCCN(CC(=O)Nc1ccc(OCc2ccccc2)cc1)C(C)=O. The molecule has 0 spiro atoms. The van der Waals surface area contributed by atoms with Gasteiger partial charge in [-0.3, -0.25) is 9.59 Å². The molecule has 0 aliphatic rings. The molecule has 2 rings (SSSR count). The van der Waals surface area contributed by atoms with E-state index in [2.05, 4.69) is 5.32 Å². The summed E-state index contributed by atoms with van der Waals surface area (Å²) in [7, 11) is 0. The van der Waals surface area contributed by atoms with Crippen LogP contribution in [0.4, 0.5) is 5.69 Å². The van der Waals surface area contributed by atoms with Crippen molar-refractivity contribution in [3.8, 4) is 5.75 Å². The molecule has 0 aliphatic heterocycles. The Morgan fingerprint density at radius 2 is 1.72 bits per heavy atom. The fraction of sp³-hybridized carbons (Fsp3) is 0.300. The molecule has 0 radical (unpaired) electrons. The van der Waals surface area contributed by atoms with E-state index in [1.54, 1.807) is 12.1 Å². The van der Waals surface area contributed by atoms with Crippen LogP contribution in [0, 0.1) is 0 Å². The highest BCUT2D eigenvalue weighted by molar-refractivity contribution is 5.94. The highest BCUT2D eigenvalue weighted by Gasteiger charge is 2.12. The van der Waals surface area contributed by atoms with Gasteiger partial charge in [-0.25, -0.2) is 0 Å². The number of nitrogens with one attached hydrogen (secondary N) is 1. The lowest BCUT2D eigenvalue weighted by Crippen LogP contribution is -2.37. The molecule has 2 amide bonds. The highest BCUT2D eigenvalue weighted by atomic mass is 16.5. The summed E-state index contributed by atoms with van der Waals surface area (Å²) in [6.07, 6.45) is 0.820. The summed E-state index contributed by atoms with van der Waals surface area (Å²) in [4.78, 5) is 25.1. The minimum atomic E-state index is -0.207. The predicted octanol–water partition coefficient (Wildman–Crippen LogP) is 3.46. The van der Waals surface area contributed by atoms with Crippen LogP contribution < -0.4 is 10.1 Å². The number of anilines is 1. The molecule has 5 nitrogen and oxygen atoms in total. The first kappa shape index (κ1) is 18.5. The summed E-state index contributed by atoms with van der Waals surface area (Å²) in [5.41, 5.74) is 1.78. The molecule has 2 aromatic carbocycles. The zero-order valence-electron chi connectivity index (χ0n) is 14.7. The first-order valence-electron chi connectivity index (χ1n) is 8.40. The molecule has 0 saturated heterocycles. The van der Waals surface area contributed by atoms with Crippen molar-refractivity contribution in [2.45, 2.75) is 26.9 Å². The summed E-state index contributed by atoms with van der Waals surface area (Å²) in [5.74, 6) is 0.432. The van der Waals surface area contributed by atoms with Gasteiger partial charge in [-0.05, 0) is 36.2 Å². The van der Waals surface area contributed by atoms with Crippen LogP contribution in [-0.2, 0) is 16.2 Å². The average Bonchev–Trinajstić information content (AvgIpc) is 2.61. The Balaban J connectivity index is 1.85. The summed E-state index contributed by atoms with van der Waals surface area (Å²) in [6.45, 7) is 4.59. The quantitative estimate of drug-likeness (QED) is 0.800. The molecule has 0 fully saturated rings. The van der Waals surface area contributed by atoms with Crippen LogP contribution in [0.2, 0.25) is 0 Å². The molecule has 0 heterocycles. The Morgan fingerprint density at radius 3 is 2.32 bits per heavy atom. The Labute approximate surface area is 148 Å². The van der Waals surface area contributed by atoms with Crippen LogP contribution in [0.25, 0.3) is 0 Å². The average molecular weight is 340 g/mol. The van der Waals surface area contributed by atoms with Gasteiger partial charge in [0, 0.05) is 19.2 Å². The van der Waals surface area contributed by atoms with Crippen molar-refractivity contribution in [2.75, 3.05) is 18.4 Å². The van der Waals surface area contributed by atoms with Crippen LogP contribution in [0.1, 0.15) is 25.8 Å². The number of nitrogens with zero attached hydrogens (tertiary/aromatic N) is 1. The molecule has 0 bridgehead atoms. The molecule has 25 heavy (non-hydrogen) atoms. The van der Waals surface area contributed by atoms with Gasteiger partial charge in [0.2, 0.25) is 11.8 Å². The Morgan fingerprint density at radius 1 is 1.04 bits per heavy atom. The van der Waals surface area contributed by atoms with E-state index in [4.69, 9.17) is 4.74 Å². The number of hydrogen-bond donors (Lipinski definition) is 1. The molecular weight excluding hydrogens is 316 g/mol. The van der Waals surface area contributed by atoms with E-state index in [1.807, 2.05) is 49.4 Å². The number of carbonyl (C=O) groups is 2. The molecule has 2 aromatic rings. The maximum atomic E-state index is 12.1. The normalized spacial score (nSPS) is 10.2. The zero-order chi connectivity index (χ0) is 18.1. The number of amides is 2. The summed E-state index contributed by atoms with van der Waals surface area (Å²) in [5, 5.41) is 2.80. The largest absolute Gasteiger partial charge is 0.489 e. The summed E-state index contributed by atoms with van der Waals surface area (Å²) < 4.78 is 5.71. The van der Waals surface area contributed by atoms with Crippen molar-refractivity contribution >= 4 is 17.5 Å². The van der Waals surface area contributed by atoms with Crippen molar-refractivity contribution in [2.24, 2.45) is 0 Å². The zero-order valence-corrected chi connectivity index (χ0v) is 14.7. The van der Waals surface area contributed by atoms with Crippen LogP contribution in [0.5, 0.6) is 5.75 Å². The number of benzene rings is 2. The molecular formula is C20H24N2O3. The van der Waals surface area contributed by atoms with Crippen LogP contribution in [0.15, 0.2) is 54.6 Å². The second-order valence-electron chi connectivity index (χ2n) is 5.79. The van der Waals surface area contributed by atoms with E-state index in [9.17, 15) is 9.59 Å². The van der Waals surface area contributed by atoms with E-state index >= 15 is 0 Å². The van der Waals surface area contributed by atoms with Crippen LogP contribution in [0.3, 0.4) is 0 Å². The van der Waals surface area contributed by atoms with Crippen molar-refractivity contribution in [3.05, 3.63) is 60.2 Å². The molecule has 0 unspecified atom stereocenters. The highest BCUT2D eigenvalue weighted by Crippen LogP contribution is 2.17. The first-order valence-corrected chi connectivity index (χ1v) is 8.40. The Kier molecular flexibility index (Phi) is 7.01. The van der Waals surface area contributed by atoms with Crippen molar-refractivity contribution in [1.29, 1.82) is 0 Å². The van der Waals surface area contributed by atoms with Gasteiger partial charge < -0.3 is 15.0 Å². The lowest BCUT2D eigenvalue weighted by atomic mass is 10.2. The van der Waals surface area contributed by atoms with Gasteiger partial charge in [0.05, 0.1) is 6.54 Å². The van der Waals surface area contributed by atoms with Gasteiger partial charge in [0.25, 0.3) is 0 Å². The number of hydrogen-bond acceptors (Lipinski definition) is 3. The van der Waals surface area contributed by atoms with E-state index in [-0.39, 0.29) is 18.4 Å². The van der Waals surface area contributed by atoms with Crippen molar-refractivity contribution in [1.82, 2.24) is 4.90 Å². The fourth-order valence-electron chi connectivity index (χ4n) is 2.37. The van der Waals surface area contributed by atoms with E-state index < -0.39 is 0 Å². The van der Waals surface area contributed by atoms with Crippen LogP contribution in [-0.4, -0.2) is 29.8 Å². The second-order valence-corrected chi connectivity index (χ2v) is 5.79. The molecule has 5 heteroatoms. The fourth-order valence-corrected chi connectivity index (χ4v) is 2.37. The number of carbonyl (C=O) groups excluding carboxylic acids is 2. The molecule has 0 saturated carbocycles. The molecule has 0 atom stereocenters. The molecule has 0 aromatic heterocycles. The minimum absolute atomic E-state index is 0.0649. The Bertz CT molecular complexity index is 684. The second kappa shape index (κ2) is 9.47. The topological polar surface area (TPSA) is 58.6 Å². The smallest absolute Gasteiger partial charge is 0.243 e. The molecule has 132 valence electrons. The lowest BCUT2D eigenvalue weighted by Gasteiger charge is -2.19. The lowest BCUT2D eigenvalue weighted by molar-refractivity contribution is -0.132. The maximum absolute atomic E-state index is 12.1.